The first-order valence-electron chi connectivity index (χ1n) is 17.2. The molecule has 54 heavy (non-hydrogen) atoms. The summed E-state index contributed by atoms with van der Waals surface area (Å²) in [5, 5.41) is 0. The third-order valence-corrected chi connectivity index (χ3v) is 8.86. The van der Waals surface area contributed by atoms with Crippen LogP contribution in [0.25, 0.3) is 51.1 Å². The van der Waals surface area contributed by atoms with Crippen LogP contribution in [0.3, 0.4) is 0 Å². The quantitative estimate of drug-likeness (QED) is 0.0454. The molecule has 0 spiro atoms. The zero-order chi connectivity index (χ0) is 37.6. The van der Waals surface area contributed by atoms with E-state index >= 15 is 0 Å². The Labute approximate surface area is 311 Å². The lowest BCUT2D eigenvalue weighted by atomic mass is 10.0. The number of aromatic amines is 2. The van der Waals surface area contributed by atoms with Crippen LogP contribution in [0.1, 0.15) is 40.1 Å². The van der Waals surface area contributed by atoms with Crippen molar-refractivity contribution in [1.82, 2.24) is 9.97 Å². The molecule has 0 radical (unpaired) electrons. The Bertz CT molecular complexity index is 2490. The van der Waals surface area contributed by atoms with Crippen LogP contribution in [0.15, 0.2) is 157 Å². The number of carbonyl (C=O) groups is 4. The molecule has 0 unspecified atom stereocenters. The van der Waals surface area contributed by atoms with Crippen molar-refractivity contribution in [3.63, 3.8) is 0 Å². The standard InChI is InChI=1S/C46H34N2O6/c1-29(49)39(30(2)50)28-37-27-38(53-45(51)35-17-13-33(14-18-35)42-24-22-40(47-42)31-9-5-3-6-10-31)21-26-44(37)54-46(52)36-19-15-34(16-20-36)43-25-23-41(48-43)32-11-7-4-8-12-32/h3-28,47-48H,1-2H3. The third-order valence-electron chi connectivity index (χ3n) is 8.86. The number of ether oxygens (including phenoxy) is 2. The molecule has 0 fully saturated rings. The Balaban J connectivity index is 1.08. The number of nitrogens with one attached hydrogen (secondary N) is 2. The SMILES string of the molecule is CC(=O)C(=Cc1cc(OC(=O)c2ccc(-c3ccc(-c4ccccc4)[nH]3)cc2)ccc1OC(=O)c1ccc(-c2ccc(-c3ccccc3)[nH]2)cc1)C(C)=O. The van der Waals surface area contributed by atoms with Crippen LogP contribution in [-0.4, -0.2) is 33.5 Å². The molecule has 8 heteroatoms. The smallest absolute Gasteiger partial charge is 0.343 e. The van der Waals surface area contributed by atoms with E-state index in [1.165, 1.54) is 38.1 Å². The molecule has 2 heterocycles. The molecule has 0 aliphatic carbocycles. The minimum Gasteiger partial charge on any atom is -0.423 e. The molecule has 264 valence electrons. The van der Waals surface area contributed by atoms with Crippen molar-refractivity contribution in [2.24, 2.45) is 0 Å². The molecule has 7 rings (SSSR count). The highest BCUT2D eigenvalue weighted by atomic mass is 16.5. The van der Waals surface area contributed by atoms with Crippen LogP contribution in [0.2, 0.25) is 0 Å². The number of hydrogen-bond acceptors (Lipinski definition) is 6. The first kappa shape index (κ1) is 35.1. The number of ketones is 2. The number of hydrogen-bond donors (Lipinski definition) is 2. The molecule has 2 aromatic heterocycles. The van der Waals surface area contributed by atoms with E-state index in [9.17, 15) is 19.2 Å². The van der Waals surface area contributed by atoms with Crippen molar-refractivity contribution in [2.45, 2.75) is 13.8 Å². The van der Waals surface area contributed by atoms with Gasteiger partial charge in [0.05, 0.1) is 16.7 Å². The van der Waals surface area contributed by atoms with Gasteiger partial charge in [-0.1, -0.05) is 84.9 Å². The Kier molecular flexibility index (Phi) is 10.1. The van der Waals surface area contributed by atoms with Crippen molar-refractivity contribution in [3.8, 4) is 56.5 Å². The van der Waals surface area contributed by atoms with Gasteiger partial charge in [-0.05, 0) is 109 Å². The Morgan fingerprint density at radius 1 is 0.463 bits per heavy atom. The average Bonchev–Trinajstić information content (AvgIpc) is 3.90. The highest BCUT2D eigenvalue weighted by Crippen LogP contribution is 2.30. The summed E-state index contributed by atoms with van der Waals surface area (Å²) in [7, 11) is 0. The summed E-state index contributed by atoms with van der Waals surface area (Å²) in [6, 6.07) is 46.2. The van der Waals surface area contributed by atoms with Gasteiger partial charge in [0.25, 0.3) is 0 Å². The normalized spacial score (nSPS) is 10.7. The molecule has 0 bridgehead atoms. The highest BCUT2D eigenvalue weighted by molar-refractivity contribution is 6.21. The van der Waals surface area contributed by atoms with E-state index in [1.807, 2.05) is 109 Å². The second-order valence-electron chi connectivity index (χ2n) is 12.6. The molecule has 0 aliphatic heterocycles. The molecule has 8 nitrogen and oxygen atoms in total. The zero-order valence-corrected chi connectivity index (χ0v) is 29.5. The minimum atomic E-state index is -0.650. The number of benzene rings is 5. The van der Waals surface area contributed by atoms with E-state index in [0.29, 0.717) is 5.56 Å². The molecule has 2 N–H and O–H groups in total. The number of Topliss-reactive ketones (excluding diaryl/α,β-unsaturated/α-hetero) is 2. The fourth-order valence-corrected chi connectivity index (χ4v) is 6.00. The second kappa shape index (κ2) is 15.5. The Morgan fingerprint density at radius 2 is 0.870 bits per heavy atom. The number of esters is 2. The minimum absolute atomic E-state index is 0.0749. The Hall–Kier alpha value is -7.32. The summed E-state index contributed by atoms with van der Waals surface area (Å²) in [5.74, 6) is -1.99. The van der Waals surface area contributed by atoms with E-state index in [-0.39, 0.29) is 28.2 Å². The molecule has 7 aromatic rings. The van der Waals surface area contributed by atoms with Crippen LogP contribution in [0, 0.1) is 0 Å². The first-order valence-corrected chi connectivity index (χ1v) is 17.2. The lowest BCUT2D eigenvalue weighted by Crippen LogP contribution is -2.11. The molecular weight excluding hydrogens is 677 g/mol. The summed E-state index contributed by atoms with van der Waals surface area (Å²) < 4.78 is 11.5. The molecular formula is C46H34N2O6. The monoisotopic (exact) mass is 710 g/mol. The van der Waals surface area contributed by atoms with E-state index in [1.54, 1.807) is 24.3 Å². The van der Waals surface area contributed by atoms with E-state index < -0.39 is 23.5 Å². The molecule has 0 amide bonds. The van der Waals surface area contributed by atoms with Gasteiger partial charge >= 0.3 is 11.9 Å². The zero-order valence-electron chi connectivity index (χ0n) is 29.5. The molecule has 0 aliphatic rings. The summed E-state index contributed by atoms with van der Waals surface area (Å²) in [4.78, 5) is 58.0. The van der Waals surface area contributed by atoms with Gasteiger partial charge in [0, 0.05) is 28.3 Å². The van der Waals surface area contributed by atoms with E-state index in [4.69, 9.17) is 9.47 Å². The number of carbonyl (C=O) groups excluding carboxylic acids is 4. The van der Waals surface area contributed by atoms with Gasteiger partial charge in [-0.25, -0.2) is 9.59 Å². The number of allylic oxidation sites excluding steroid dienone is 1. The van der Waals surface area contributed by atoms with E-state index in [0.717, 1.165) is 45.0 Å². The van der Waals surface area contributed by atoms with Crippen molar-refractivity contribution in [2.75, 3.05) is 0 Å². The Morgan fingerprint density at radius 3 is 1.30 bits per heavy atom. The van der Waals surface area contributed by atoms with Crippen LogP contribution in [0.4, 0.5) is 0 Å². The predicted octanol–water partition coefficient (Wildman–Crippen LogP) is 10.0. The van der Waals surface area contributed by atoms with Gasteiger partial charge in [-0.2, -0.15) is 0 Å². The lowest BCUT2D eigenvalue weighted by molar-refractivity contribution is -0.119. The van der Waals surface area contributed by atoms with E-state index in [2.05, 4.69) is 9.97 Å². The lowest BCUT2D eigenvalue weighted by Gasteiger charge is -2.12. The maximum Gasteiger partial charge on any atom is 0.343 e. The first-order chi connectivity index (χ1) is 26.2. The van der Waals surface area contributed by atoms with Gasteiger partial charge < -0.3 is 19.4 Å². The van der Waals surface area contributed by atoms with Gasteiger partial charge in [0.2, 0.25) is 0 Å². The van der Waals surface area contributed by atoms with Crippen molar-refractivity contribution < 1.29 is 28.7 Å². The van der Waals surface area contributed by atoms with Crippen LogP contribution in [0.5, 0.6) is 11.5 Å². The second-order valence-corrected chi connectivity index (χ2v) is 12.6. The molecule has 0 saturated carbocycles. The number of H-pyrrole nitrogens is 2. The summed E-state index contributed by atoms with van der Waals surface area (Å²) >= 11 is 0. The fraction of sp³-hybridized carbons (Fsp3) is 0.0435. The number of rotatable bonds is 11. The molecule has 5 aromatic carbocycles. The summed E-state index contributed by atoms with van der Waals surface area (Å²) in [5.41, 5.74) is 8.36. The van der Waals surface area contributed by atoms with Crippen LogP contribution >= 0.6 is 0 Å². The van der Waals surface area contributed by atoms with Crippen molar-refractivity contribution >= 4 is 29.6 Å². The van der Waals surface area contributed by atoms with Gasteiger partial charge in [-0.3, -0.25) is 9.59 Å². The van der Waals surface area contributed by atoms with Crippen LogP contribution < -0.4 is 9.47 Å². The third kappa shape index (κ3) is 7.93. The fourth-order valence-electron chi connectivity index (χ4n) is 6.00. The topological polar surface area (TPSA) is 118 Å². The predicted molar refractivity (Wildman–Crippen MR) is 209 cm³/mol. The number of aromatic nitrogens is 2. The van der Waals surface area contributed by atoms with Gasteiger partial charge in [0.1, 0.15) is 11.5 Å². The summed E-state index contributed by atoms with van der Waals surface area (Å²) in [6.45, 7) is 2.55. The van der Waals surface area contributed by atoms with Crippen LogP contribution in [-0.2, 0) is 9.59 Å². The van der Waals surface area contributed by atoms with Gasteiger partial charge in [-0.15, -0.1) is 0 Å². The summed E-state index contributed by atoms with van der Waals surface area (Å²) in [6.07, 6.45) is 1.33. The molecule has 0 saturated heterocycles. The van der Waals surface area contributed by atoms with Crippen molar-refractivity contribution in [1.29, 1.82) is 0 Å². The average molecular weight is 711 g/mol. The largest absolute Gasteiger partial charge is 0.423 e. The maximum absolute atomic E-state index is 13.3. The van der Waals surface area contributed by atoms with Crippen molar-refractivity contribution in [3.05, 3.63) is 174 Å². The molecule has 0 atom stereocenters. The maximum atomic E-state index is 13.3. The highest BCUT2D eigenvalue weighted by Gasteiger charge is 2.18. The van der Waals surface area contributed by atoms with Gasteiger partial charge in [0.15, 0.2) is 11.6 Å².